The Balaban J connectivity index is 3.93. The molecule has 0 saturated heterocycles. The van der Waals surface area contributed by atoms with Gasteiger partial charge in [-0.15, -0.1) is 0 Å². The zero-order valence-electron chi connectivity index (χ0n) is 10.2. The summed E-state index contributed by atoms with van der Waals surface area (Å²) in [4.78, 5) is 22.0. The van der Waals surface area contributed by atoms with Gasteiger partial charge in [0, 0.05) is 6.54 Å². The van der Waals surface area contributed by atoms with Gasteiger partial charge in [0.1, 0.15) is 6.04 Å². The number of hydrogen-bond acceptors (Lipinski definition) is 2. The van der Waals surface area contributed by atoms with Gasteiger partial charge in [0.05, 0.1) is 0 Å². The van der Waals surface area contributed by atoms with Crippen molar-refractivity contribution < 1.29 is 14.7 Å². The average Bonchev–Trinajstić information content (AvgIpc) is 2.26. The number of hydrogen-bond donors (Lipinski definition) is 3. The normalized spacial score (nSPS) is 12.2. The van der Waals surface area contributed by atoms with Crippen LogP contribution in [0, 0.1) is 5.92 Å². The summed E-state index contributed by atoms with van der Waals surface area (Å²) in [6.07, 6.45) is 2.40. The summed E-state index contributed by atoms with van der Waals surface area (Å²) in [7, 11) is 0. The molecule has 0 radical (unpaired) electrons. The van der Waals surface area contributed by atoms with E-state index in [2.05, 4.69) is 24.5 Å². The molecule has 2 amide bonds. The molecule has 0 unspecified atom stereocenters. The fourth-order valence-corrected chi connectivity index (χ4v) is 1.36. The maximum Gasteiger partial charge on any atom is 0.326 e. The third-order valence-corrected chi connectivity index (χ3v) is 2.72. The Morgan fingerprint density at radius 3 is 2.06 bits per heavy atom. The zero-order valence-corrected chi connectivity index (χ0v) is 10.2. The van der Waals surface area contributed by atoms with Crippen LogP contribution in [0.2, 0.25) is 0 Å². The van der Waals surface area contributed by atoms with Crippen LogP contribution in [0.25, 0.3) is 0 Å². The molecule has 0 spiro atoms. The van der Waals surface area contributed by atoms with Gasteiger partial charge in [-0.25, -0.2) is 9.59 Å². The van der Waals surface area contributed by atoms with Gasteiger partial charge < -0.3 is 15.7 Å². The maximum absolute atomic E-state index is 11.4. The largest absolute Gasteiger partial charge is 0.480 e. The van der Waals surface area contributed by atoms with E-state index in [0.29, 0.717) is 18.9 Å². The number of aliphatic carboxylic acids is 1. The predicted octanol–water partition coefficient (Wildman–Crippen LogP) is 1.58. The first kappa shape index (κ1) is 14.7. The number of carbonyl (C=O) groups excluding carboxylic acids is 1. The Kier molecular flexibility index (Phi) is 7.33. The number of urea groups is 1. The topological polar surface area (TPSA) is 78.4 Å². The minimum absolute atomic E-state index is 0.383. The molecule has 0 aromatic heterocycles. The molecule has 0 heterocycles. The van der Waals surface area contributed by atoms with E-state index < -0.39 is 18.0 Å². The molecule has 1 atom stereocenters. The maximum atomic E-state index is 11.4. The summed E-state index contributed by atoms with van der Waals surface area (Å²) in [5.74, 6) is -0.546. The lowest BCUT2D eigenvalue weighted by molar-refractivity contribution is -0.139. The Labute approximate surface area is 96.6 Å². The molecular weight excluding hydrogens is 208 g/mol. The molecule has 0 fully saturated rings. The van der Waals surface area contributed by atoms with Crippen LogP contribution in [0.4, 0.5) is 4.79 Å². The van der Waals surface area contributed by atoms with Gasteiger partial charge in [-0.2, -0.15) is 0 Å². The Hall–Kier alpha value is -1.26. The molecule has 0 aliphatic carbocycles. The van der Waals surface area contributed by atoms with E-state index in [1.54, 1.807) is 6.92 Å². The Bertz CT molecular complexity index is 227. The molecule has 0 bridgehead atoms. The lowest BCUT2D eigenvalue weighted by Crippen LogP contribution is -2.46. The van der Waals surface area contributed by atoms with Gasteiger partial charge in [-0.1, -0.05) is 33.6 Å². The first-order valence-electron chi connectivity index (χ1n) is 5.82. The van der Waals surface area contributed by atoms with Crippen molar-refractivity contribution in [3.05, 3.63) is 0 Å². The molecule has 5 heteroatoms. The molecule has 0 rings (SSSR count). The van der Waals surface area contributed by atoms with E-state index in [4.69, 9.17) is 5.11 Å². The highest BCUT2D eigenvalue weighted by Crippen LogP contribution is 2.04. The standard InChI is InChI=1S/C11H22N2O3/c1-4-8(5-2)7-12-11(16)13-9(6-3)10(14)15/h8-9H,4-7H2,1-3H3,(H,14,15)(H2,12,13,16)/t9-/m1/s1. The number of nitrogens with one attached hydrogen (secondary N) is 2. The second-order valence-corrected chi connectivity index (χ2v) is 3.84. The third-order valence-electron chi connectivity index (χ3n) is 2.72. The monoisotopic (exact) mass is 230 g/mol. The Morgan fingerprint density at radius 1 is 1.12 bits per heavy atom. The summed E-state index contributed by atoms with van der Waals surface area (Å²) in [5, 5.41) is 13.9. The molecule has 0 aromatic rings. The molecule has 0 aliphatic heterocycles. The van der Waals surface area contributed by atoms with Gasteiger partial charge in [0.25, 0.3) is 0 Å². The van der Waals surface area contributed by atoms with Crippen LogP contribution >= 0.6 is 0 Å². The summed E-state index contributed by atoms with van der Waals surface area (Å²) >= 11 is 0. The molecular formula is C11H22N2O3. The summed E-state index contributed by atoms with van der Waals surface area (Å²) < 4.78 is 0. The minimum Gasteiger partial charge on any atom is -0.480 e. The van der Waals surface area contributed by atoms with E-state index >= 15 is 0 Å². The van der Waals surface area contributed by atoms with E-state index in [1.165, 1.54) is 0 Å². The lowest BCUT2D eigenvalue weighted by Gasteiger charge is -2.16. The molecule has 3 N–H and O–H groups in total. The highest BCUT2D eigenvalue weighted by Gasteiger charge is 2.17. The number of carboxylic acids is 1. The molecule has 0 saturated carbocycles. The third kappa shape index (κ3) is 5.58. The van der Waals surface area contributed by atoms with Crippen LogP contribution in [-0.4, -0.2) is 29.7 Å². The van der Waals surface area contributed by atoms with Crippen molar-refractivity contribution in [2.45, 2.75) is 46.1 Å². The van der Waals surface area contributed by atoms with E-state index in [9.17, 15) is 9.59 Å². The summed E-state index contributed by atoms with van der Waals surface area (Å²) in [5.41, 5.74) is 0. The second-order valence-electron chi connectivity index (χ2n) is 3.84. The molecule has 16 heavy (non-hydrogen) atoms. The van der Waals surface area contributed by atoms with Crippen molar-refractivity contribution in [3.63, 3.8) is 0 Å². The van der Waals surface area contributed by atoms with Crippen LogP contribution in [0.5, 0.6) is 0 Å². The molecule has 94 valence electrons. The van der Waals surface area contributed by atoms with Crippen molar-refractivity contribution in [1.29, 1.82) is 0 Å². The smallest absolute Gasteiger partial charge is 0.326 e. The number of rotatable bonds is 7. The van der Waals surface area contributed by atoms with Gasteiger partial charge >= 0.3 is 12.0 Å². The van der Waals surface area contributed by atoms with Gasteiger partial charge in [0.15, 0.2) is 0 Å². The van der Waals surface area contributed by atoms with Crippen LogP contribution in [-0.2, 0) is 4.79 Å². The number of carbonyl (C=O) groups is 2. The van der Waals surface area contributed by atoms with Crippen LogP contribution in [0.3, 0.4) is 0 Å². The van der Waals surface area contributed by atoms with Crippen LogP contribution in [0.1, 0.15) is 40.0 Å². The minimum atomic E-state index is -1.000. The molecule has 0 aromatic carbocycles. The molecule has 0 aliphatic rings. The fraction of sp³-hybridized carbons (Fsp3) is 0.818. The quantitative estimate of drug-likeness (QED) is 0.621. The van der Waals surface area contributed by atoms with Crippen molar-refractivity contribution in [1.82, 2.24) is 10.6 Å². The Morgan fingerprint density at radius 2 is 1.69 bits per heavy atom. The zero-order chi connectivity index (χ0) is 12.6. The number of carboxylic acid groups (broad SMARTS) is 1. The van der Waals surface area contributed by atoms with E-state index in [-0.39, 0.29) is 0 Å². The van der Waals surface area contributed by atoms with E-state index in [1.807, 2.05) is 0 Å². The van der Waals surface area contributed by atoms with E-state index in [0.717, 1.165) is 12.8 Å². The highest BCUT2D eigenvalue weighted by atomic mass is 16.4. The van der Waals surface area contributed by atoms with Crippen molar-refractivity contribution in [2.75, 3.05) is 6.54 Å². The van der Waals surface area contributed by atoms with Crippen molar-refractivity contribution in [3.8, 4) is 0 Å². The van der Waals surface area contributed by atoms with Crippen molar-refractivity contribution >= 4 is 12.0 Å². The SMILES string of the molecule is CCC(CC)CNC(=O)N[C@H](CC)C(=O)O. The first-order valence-corrected chi connectivity index (χ1v) is 5.82. The molecule has 5 nitrogen and oxygen atoms in total. The summed E-state index contributed by atoms with van der Waals surface area (Å²) in [6.45, 7) is 6.45. The fourth-order valence-electron chi connectivity index (χ4n) is 1.36. The highest BCUT2D eigenvalue weighted by molar-refractivity contribution is 5.82. The first-order chi connectivity index (χ1) is 7.54. The second kappa shape index (κ2) is 7.96. The van der Waals surface area contributed by atoms with Crippen molar-refractivity contribution in [2.24, 2.45) is 5.92 Å². The van der Waals surface area contributed by atoms with Crippen LogP contribution < -0.4 is 10.6 Å². The lowest BCUT2D eigenvalue weighted by atomic mass is 10.0. The average molecular weight is 230 g/mol. The van der Waals surface area contributed by atoms with Crippen LogP contribution in [0.15, 0.2) is 0 Å². The predicted molar refractivity (Wildman–Crippen MR) is 62.3 cm³/mol. The summed E-state index contributed by atoms with van der Waals surface area (Å²) in [6, 6.07) is -1.21. The van der Waals surface area contributed by atoms with Gasteiger partial charge in [-0.3, -0.25) is 0 Å². The van der Waals surface area contributed by atoms with Gasteiger partial charge in [-0.05, 0) is 12.3 Å². The van der Waals surface area contributed by atoms with Gasteiger partial charge in [0.2, 0.25) is 0 Å². The number of amides is 2.